The summed E-state index contributed by atoms with van der Waals surface area (Å²) in [6.07, 6.45) is 4.55. The van der Waals surface area contributed by atoms with Crippen LogP contribution in [0, 0.1) is 5.92 Å². The number of rotatable bonds is 4. The topological polar surface area (TPSA) is 45.2 Å². The molecule has 1 saturated heterocycles. The van der Waals surface area contributed by atoms with Crippen molar-refractivity contribution in [3.05, 3.63) is 53.2 Å². The van der Waals surface area contributed by atoms with E-state index in [1.807, 2.05) is 24.3 Å². The third-order valence-corrected chi connectivity index (χ3v) is 4.54. The summed E-state index contributed by atoms with van der Waals surface area (Å²) in [5.41, 5.74) is 1.66. The normalized spacial score (nSPS) is 17.6. The van der Waals surface area contributed by atoms with Gasteiger partial charge in [-0.2, -0.15) is 0 Å². The molecule has 1 aliphatic rings. The summed E-state index contributed by atoms with van der Waals surface area (Å²) in [6.45, 7) is 4.38. The predicted octanol–water partition coefficient (Wildman–Crippen LogP) is 4.15. The molecule has 0 bridgehead atoms. The number of nitrogens with zero attached hydrogens (tertiary/aromatic N) is 2. The lowest BCUT2D eigenvalue weighted by molar-refractivity contribution is -0.115. The summed E-state index contributed by atoms with van der Waals surface area (Å²) < 4.78 is 0. The molecule has 1 aromatic heterocycles. The molecule has 1 N–H and O–H groups in total. The molecule has 1 unspecified atom stereocenters. The SMILES string of the molecule is CC1CCCN(c2ccc(NC(=O)Cc3ccc(Cl)cc3)cn2)C1. The molecule has 3 rings (SSSR count). The molecule has 126 valence electrons. The maximum atomic E-state index is 12.1. The van der Waals surface area contributed by atoms with E-state index in [9.17, 15) is 4.79 Å². The third kappa shape index (κ3) is 4.48. The number of pyridine rings is 1. The molecule has 0 aliphatic carbocycles. The van der Waals surface area contributed by atoms with Gasteiger partial charge in [-0.1, -0.05) is 30.7 Å². The van der Waals surface area contributed by atoms with Crippen LogP contribution in [-0.2, 0) is 11.2 Å². The van der Waals surface area contributed by atoms with E-state index in [1.165, 1.54) is 12.8 Å². The molecule has 1 aliphatic heterocycles. The van der Waals surface area contributed by atoms with Gasteiger partial charge in [0, 0.05) is 18.1 Å². The molecular weight excluding hydrogens is 322 g/mol. The second kappa shape index (κ2) is 7.67. The molecule has 2 heterocycles. The van der Waals surface area contributed by atoms with Crippen LogP contribution in [0.4, 0.5) is 11.5 Å². The van der Waals surface area contributed by atoms with Crippen LogP contribution in [0.3, 0.4) is 0 Å². The number of halogens is 1. The van der Waals surface area contributed by atoms with Crippen molar-refractivity contribution in [2.45, 2.75) is 26.2 Å². The van der Waals surface area contributed by atoms with E-state index in [0.29, 0.717) is 17.4 Å². The van der Waals surface area contributed by atoms with E-state index in [4.69, 9.17) is 11.6 Å². The molecule has 1 amide bonds. The molecule has 0 spiro atoms. The van der Waals surface area contributed by atoms with Crippen molar-refractivity contribution in [3.8, 4) is 0 Å². The monoisotopic (exact) mass is 343 g/mol. The van der Waals surface area contributed by atoms with Crippen molar-refractivity contribution in [2.24, 2.45) is 5.92 Å². The lowest BCUT2D eigenvalue weighted by atomic mass is 10.0. The molecule has 0 saturated carbocycles. The minimum Gasteiger partial charge on any atom is -0.356 e. The highest BCUT2D eigenvalue weighted by atomic mass is 35.5. The Morgan fingerprint density at radius 3 is 2.75 bits per heavy atom. The average Bonchev–Trinajstić information content (AvgIpc) is 2.58. The number of carbonyl (C=O) groups is 1. The molecule has 0 radical (unpaired) electrons. The van der Waals surface area contributed by atoms with Crippen LogP contribution in [0.1, 0.15) is 25.3 Å². The fraction of sp³-hybridized carbons (Fsp3) is 0.368. The van der Waals surface area contributed by atoms with Gasteiger partial charge in [0.1, 0.15) is 5.82 Å². The minimum absolute atomic E-state index is 0.0570. The summed E-state index contributed by atoms with van der Waals surface area (Å²) in [4.78, 5) is 18.9. The third-order valence-electron chi connectivity index (χ3n) is 4.29. The van der Waals surface area contributed by atoms with Crippen LogP contribution in [0.5, 0.6) is 0 Å². The quantitative estimate of drug-likeness (QED) is 0.906. The number of hydrogen-bond acceptors (Lipinski definition) is 3. The van der Waals surface area contributed by atoms with E-state index in [0.717, 1.165) is 30.2 Å². The summed E-state index contributed by atoms with van der Waals surface area (Å²) in [5, 5.41) is 3.56. The van der Waals surface area contributed by atoms with Crippen LogP contribution >= 0.6 is 11.6 Å². The van der Waals surface area contributed by atoms with Crippen molar-refractivity contribution >= 4 is 29.0 Å². The maximum Gasteiger partial charge on any atom is 0.228 e. The zero-order valence-electron chi connectivity index (χ0n) is 13.8. The second-order valence-corrected chi connectivity index (χ2v) is 6.89. The number of aromatic nitrogens is 1. The van der Waals surface area contributed by atoms with Crippen molar-refractivity contribution in [2.75, 3.05) is 23.3 Å². The molecular formula is C19H22ClN3O. The number of carbonyl (C=O) groups excluding carboxylic acids is 1. The smallest absolute Gasteiger partial charge is 0.228 e. The van der Waals surface area contributed by atoms with Gasteiger partial charge in [-0.15, -0.1) is 0 Å². The van der Waals surface area contributed by atoms with Crippen LogP contribution < -0.4 is 10.2 Å². The lowest BCUT2D eigenvalue weighted by Gasteiger charge is -2.31. The van der Waals surface area contributed by atoms with Crippen molar-refractivity contribution in [3.63, 3.8) is 0 Å². The molecule has 1 fully saturated rings. The van der Waals surface area contributed by atoms with Gasteiger partial charge in [0.2, 0.25) is 5.91 Å². The number of anilines is 2. The van der Waals surface area contributed by atoms with E-state index < -0.39 is 0 Å². The Kier molecular flexibility index (Phi) is 5.36. The average molecular weight is 344 g/mol. The van der Waals surface area contributed by atoms with Crippen LogP contribution in [0.25, 0.3) is 0 Å². The summed E-state index contributed by atoms with van der Waals surface area (Å²) in [6, 6.07) is 11.2. The first-order valence-electron chi connectivity index (χ1n) is 8.35. The molecule has 1 aromatic carbocycles. The predicted molar refractivity (Wildman–Crippen MR) is 98.6 cm³/mol. The van der Waals surface area contributed by atoms with E-state index >= 15 is 0 Å². The van der Waals surface area contributed by atoms with Gasteiger partial charge in [-0.05, 0) is 48.6 Å². The Labute approximate surface area is 147 Å². The van der Waals surface area contributed by atoms with Gasteiger partial charge < -0.3 is 10.2 Å². The second-order valence-electron chi connectivity index (χ2n) is 6.45. The van der Waals surface area contributed by atoms with Crippen LogP contribution in [0.2, 0.25) is 5.02 Å². The zero-order chi connectivity index (χ0) is 16.9. The van der Waals surface area contributed by atoms with Gasteiger partial charge in [-0.25, -0.2) is 4.98 Å². The van der Waals surface area contributed by atoms with Gasteiger partial charge >= 0.3 is 0 Å². The Morgan fingerprint density at radius 2 is 2.08 bits per heavy atom. The van der Waals surface area contributed by atoms with Crippen LogP contribution in [-0.4, -0.2) is 24.0 Å². The van der Waals surface area contributed by atoms with E-state index in [-0.39, 0.29) is 5.91 Å². The highest BCUT2D eigenvalue weighted by Gasteiger charge is 2.17. The zero-order valence-corrected chi connectivity index (χ0v) is 14.6. The number of amides is 1. The Balaban J connectivity index is 1.57. The van der Waals surface area contributed by atoms with Crippen molar-refractivity contribution < 1.29 is 4.79 Å². The fourth-order valence-electron chi connectivity index (χ4n) is 3.04. The van der Waals surface area contributed by atoms with Gasteiger partial charge in [0.05, 0.1) is 18.3 Å². The Morgan fingerprint density at radius 1 is 1.29 bits per heavy atom. The summed E-state index contributed by atoms with van der Waals surface area (Å²) >= 11 is 5.85. The lowest BCUT2D eigenvalue weighted by Crippen LogP contribution is -2.34. The fourth-order valence-corrected chi connectivity index (χ4v) is 3.16. The number of hydrogen-bond donors (Lipinski definition) is 1. The number of benzene rings is 1. The first kappa shape index (κ1) is 16.8. The standard InChI is InChI=1S/C19H22ClN3O/c1-14-3-2-10-23(13-14)18-9-8-17(12-21-18)22-19(24)11-15-4-6-16(20)7-5-15/h4-9,12,14H,2-3,10-11,13H2,1H3,(H,22,24). The Hall–Kier alpha value is -2.07. The highest BCUT2D eigenvalue weighted by molar-refractivity contribution is 6.30. The number of piperidine rings is 1. The maximum absolute atomic E-state index is 12.1. The first-order chi connectivity index (χ1) is 11.6. The highest BCUT2D eigenvalue weighted by Crippen LogP contribution is 2.22. The first-order valence-corrected chi connectivity index (χ1v) is 8.73. The van der Waals surface area contributed by atoms with Crippen molar-refractivity contribution in [1.82, 2.24) is 4.98 Å². The minimum atomic E-state index is -0.0570. The van der Waals surface area contributed by atoms with E-state index in [2.05, 4.69) is 22.1 Å². The molecule has 4 nitrogen and oxygen atoms in total. The molecule has 1 atom stereocenters. The van der Waals surface area contributed by atoms with E-state index in [1.54, 1.807) is 18.3 Å². The number of nitrogens with one attached hydrogen (secondary N) is 1. The Bertz CT molecular complexity index is 685. The van der Waals surface area contributed by atoms with Gasteiger partial charge in [-0.3, -0.25) is 4.79 Å². The van der Waals surface area contributed by atoms with Crippen LogP contribution in [0.15, 0.2) is 42.6 Å². The molecule has 2 aromatic rings. The molecule has 5 heteroatoms. The molecule has 24 heavy (non-hydrogen) atoms. The van der Waals surface area contributed by atoms with Gasteiger partial charge in [0.25, 0.3) is 0 Å². The largest absolute Gasteiger partial charge is 0.356 e. The summed E-state index contributed by atoms with van der Waals surface area (Å²) in [5.74, 6) is 1.63. The van der Waals surface area contributed by atoms with Gasteiger partial charge in [0.15, 0.2) is 0 Å². The van der Waals surface area contributed by atoms with Crippen molar-refractivity contribution in [1.29, 1.82) is 0 Å². The summed E-state index contributed by atoms with van der Waals surface area (Å²) in [7, 11) is 0.